The number of hydrogen-bond donors (Lipinski definition) is 0. The van der Waals surface area contributed by atoms with Gasteiger partial charge < -0.3 is 14.5 Å². The Morgan fingerprint density at radius 2 is 1.84 bits per heavy atom. The van der Waals surface area contributed by atoms with E-state index in [1.165, 1.54) is 0 Å². The zero-order valence-corrected chi connectivity index (χ0v) is 18.0. The second kappa shape index (κ2) is 8.03. The molecule has 2 amide bonds. The monoisotopic (exact) mass is 429 g/mol. The molecule has 5 rings (SSSR count). The molecule has 1 fully saturated rings. The van der Waals surface area contributed by atoms with Gasteiger partial charge in [-0.15, -0.1) is 0 Å². The molecule has 8 heteroatoms. The number of amides is 2. The first-order valence-corrected chi connectivity index (χ1v) is 10.6. The van der Waals surface area contributed by atoms with Gasteiger partial charge in [-0.3, -0.25) is 9.59 Å². The molecule has 0 saturated carbocycles. The van der Waals surface area contributed by atoms with E-state index in [1.807, 2.05) is 23.1 Å². The molecule has 0 unspecified atom stereocenters. The van der Waals surface area contributed by atoms with Gasteiger partial charge in [0.15, 0.2) is 0 Å². The molecule has 1 saturated heterocycles. The van der Waals surface area contributed by atoms with Crippen LogP contribution >= 0.6 is 0 Å². The van der Waals surface area contributed by atoms with Crippen LogP contribution in [0.4, 0.5) is 5.69 Å². The van der Waals surface area contributed by atoms with E-state index < -0.39 is 0 Å². The quantitative estimate of drug-likeness (QED) is 0.634. The van der Waals surface area contributed by atoms with Crippen molar-refractivity contribution in [3.63, 3.8) is 0 Å². The third kappa shape index (κ3) is 3.68. The van der Waals surface area contributed by atoms with Crippen LogP contribution in [0.25, 0.3) is 11.1 Å². The third-order valence-electron chi connectivity index (χ3n) is 5.83. The van der Waals surface area contributed by atoms with Gasteiger partial charge in [0.25, 0.3) is 5.91 Å². The summed E-state index contributed by atoms with van der Waals surface area (Å²) in [5, 5.41) is 0. The van der Waals surface area contributed by atoms with Crippen molar-refractivity contribution < 1.29 is 14.3 Å². The minimum atomic E-state index is -0.0332. The molecule has 162 valence electrons. The number of carbonyl (C=O) groups excluding carboxylic acids is 2. The molecule has 0 spiro atoms. The lowest BCUT2D eigenvalue weighted by Crippen LogP contribution is -2.40. The highest BCUT2D eigenvalue weighted by Crippen LogP contribution is 2.37. The fourth-order valence-corrected chi connectivity index (χ4v) is 4.11. The van der Waals surface area contributed by atoms with Crippen molar-refractivity contribution in [1.29, 1.82) is 0 Å². The smallest absolute Gasteiger partial charge is 0.253 e. The molecule has 0 bridgehead atoms. The molecule has 2 aliphatic heterocycles. The highest BCUT2D eigenvalue weighted by molar-refractivity contribution is 5.98. The largest absolute Gasteiger partial charge is 0.474 e. The lowest BCUT2D eigenvalue weighted by atomic mass is 10.1. The Bertz CT molecular complexity index is 1180. The summed E-state index contributed by atoms with van der Waals surface area (Å²) < 4.78 is 5.73. The number of benzene rings is 1. The lowest BCUT2D eigenvalue weighted by Gasteiger charge is -2.31. The first kappa shape index (κ1) is 20.1. The Kier molecular flexibility index (Phi) is 5.05. The molecular formula is C24H23N5O3. The van der Waals surface area contributed by atoms with E-state index in [0.29, 0.717) is 36.7 Å². The first-order valence-electron chi connectivity index (χ1n) is 10.6. The summed E-state index contributed by atoms with van der Waals surface area (Å²) in [6, 6.07) is 9.45. The van der Waals surface area contributed by atoms with Crippen molar-refractivity contribution in [2.75, 3.05) is 25.6 Å². The number of ether oxygens (including phenoxy) is 1. The van der Waals surface area contributed by atoms with Crippen LogP contribution in [0, 0.1) is 0 Å². The molecule has 0 aliphatic carbocycles. The zero-order valence-electron chi connectivity index (χ0n) is 18.0. The average molecular weight is 429 g/mol. The van der Waals surface area contributed by atoms with E-state index in [0.717, 1.165) is 28.8 Å². The van der Waals surface area contributed by atoms with E-state index in [2.05, 4.69) is 15.0 Å². The number of hydrogen-bond acceptors (Lipinski definition) is 6. The summed E-state index contributed by atoms with van der Waals surface area (Å²) in [7, 11) is 3.46. The number of carbonyl (C=O) groups is 2. The van der Waals surface area contributed by atoms with Gasteiger partial charge >= 0.3 is 0 Å². The Morgan fingerprint density at radius 3 is 2.56 bits per heavy atom. The summed E-state index contributed by atoms with van der Waals surface area (Å²) in [6.07, 6.45) is 7.17. The first-order chi connectivity index (χ1) is 15.5. The molecule has 0 radical (unpaired) electrons. The van der Waals surface area contributed by atoms with Gasteiger partial charge in [-0.05, 0) is 35.7 Å². The number of anilines is 1. The van der Waals surface area contributed by atoms with Crippen LogP contribution in [-0.2, 0) is 11.2 Å². The van der Waals surface area contributed by atoms with Crippen LogP contribution < -0.4 is 9.64 Å². The number of rotatable bonds is 4. The second-order valence-corrected chi connectivity index (χ2v) is 8.28. The fraction of sp³-hybridized carbons (Fsp3) is 0.292. The van der Waals surface area contributed by atoms with E-state index in [-0.39, 0.29) is 17.9 Å². The Morgan fingerprint density at radius 1 is 1.09 bits per heavy atom. The van der Waals surface area contributed by atoms with Gasteiger partial charge in [0.05, 0.1) is 6.04 Å². The van der Waals surface area contributed by atoms with Crippen molar-refractivity contribution in [2.24, 2.45) is 0 Å². The van der Waals surface area contributed by atoms with Crippen molar-refractivity contribution in [3.8, 4) is 17.0 Å². The van der Waals surface area contributed by atoms with Crippen molar-refractivity contribution in [3.05, 3.63) is 65.9 Å². The Labute approximate surface area is 185 Å². The van der Waals surface area contributed by atoms with E-state index >= 15 is 0 Å². The molecule has 2 aromatic heterocycles. The van der Waals surface area contributed by atoms with Crippen LogP contribution in [0.3, 0.4) is 0 Å². The number of aromatic nitrogens is 3. The van der Waals surface area contributed by atoms with E-state index in [4.69, 9.17) is 4.74 Å². The van der Waals surface area contributed by atoms with Gasteiger partial charge in [-0.25, -0.2) is 15.0 Å². The molecule has 3 aromatic rings. The normalized spacial score (nSPS) is 16.9. The molecule has 2 aliphatic rings. The number of pyridine rings is 1. The van der Waals surface area contributed by atoms with Crippen LogP contribution in [0.15, 0.2) is 48.9 Å². The molecule has 32 heavy (non-hydrogen) atoms. The highest BCUT2D eigenvalue weighted by atomic mass is 16.5. The molecule has 1 atom stereocenters. The number of fused-ring (bicyclic) bond motifs is 3. The molecule has 8 nitrogen and oxygen atoms in total. The summed E-state index contributed by atoms with van der Waals surface area (Å²) in [4.78, 5) is 41.1. The minimum absolute atomic E-state index is 0.0332. The molecule has 0 N–H and O–H groups in total. The zero-order chi connectivity index (χ0) is 22.2. The summed E-state index contributed by atoms with van der Waals surface area (Å²) in [5.41, 5.74) is 4.12. The van der Waals surface area contributed by atoms with Gasteiger partial charge in [0.2, 0.25) is 11.8 Å². The fourth-order valence-electron chi connectivity index (χ4n) is 4.11. The molecular weight excluding hydrogens is 406 g/mol. The van der Waals surface area contributed by atoms with Gasteiger partial charge in [0.1, 0.15) is 18.1 Å². The summed E-state index contributed by atoms with van der Waals surface area (Å²) in [6.45, 7) is 0.500. The van der Waals surface area contributed by atoms with Gasteiger partial charge in [0, 0.05) is 56.7 Å². The minimum Gasteiger partial charge on any atom is -0.474 e. The maximum atomic E-state index is 12.3. The second-order valence-electron chi connectivity index (χ2n) is 8.28. The van der Waals surface area contributed by atoms with Crippen molar-refractivity contribution in [1.82, 2.24) is 19.9 Å². The summed E-state index contributed by atoms with van der Waals surface area (Å²) >= 11 is 0. The van der Waals surface area contributed by atoms with Gasteiger partial charge in [-0.1, -0.05) is 12.1 Å². The van der Waals surface area contributed by atoms with Crippen LogP contribution in [0.1, 0.15) is 34.6 Å². The third-order valence-corrected chi connectivity index (χ3v) is 5.83. The Balaban J connectivity index is 1.32. The van der Waals surface area contributed by atoms with Crippen molar-refractivity contribution in [2.45, 2.75) is 25.3 Å². The van der Waals surface area contributed by atoms with Crippen molar-refractivity contribution >= 4 is 17.5 Å². The molecule has 1 aromatic carbocycles. The SMILES string of the molecule is CN(C)C(=O)c1ccc(-c2cnc(Cc3cnc4c(c3)N3C(=O)CC[C@H]3CO4)nc2)cc1. The topological polar surface area (TPSA) is 88.5 Å². The molecule has 4 heterocycles. The average Bonchev–Trinajstić information content (AvgIpc) is 3.20. The number of nitrogens with zero attached hydrogens (tertiary/aromatic N) is 5. The van der Waals surface area contributed by atoms with Crippen LogP contribution in [0.5, 0.6) is 5.88 Å². The standard InChI is InChI=1S/C24H23N5O3/c1-28(2)24(31)17-5-3-16(4-6-17)18-12-25-21(26-13-18)10-15-9-20-23(27-11-15)32-14-19-7-8-22(30)29(19)20/h3-6,9,11-13,19H,7-8,10,14H2,1-2H3/t19-/m0/s1. The maximum Gasteiger partial charge on any atom is 0.253 e. The predicted octanol–water partition coefficient (Wildman–Crippen LogP) is 2.72. The van der Waals surface area contributed by atoms with Crippen LogP contribution in [-0.4, -0.2) is 58.4 Å². The van der Waals surface area contributed by atoms with Crippen LogP contribution in [0.2, 0.25) is 0 Å². The van der Waals surface area contributed by atoms with E-state index in [1.54, 1.807) is 49.7 Å². The highest BCUT2D eigenvalue weighted by Gasteiger charge is 2.38. The summed E-state index contributed by atoms with van der Waals surface area (Å²) in [5.74, 6) is 1.26. The lowest BCUT2D eigenvalue weighted by molar-refractivity contribution is -0.117. The van der Waals surface area contributed by atoms with Gasteiger partial charge in [-0.2, -0.15) is 0 Å². The van der Waals surface area contributed by atoms with E-state index in [9.17, 15) is 9.59 Å². The maximum absolute atomic E-state index is 12.3. The predicted molar refractivity (Wildman–Crippen MR) is 119 cm³/mol. The Hall–Kier alpha value is -3.81.